The van der Waals surface area contributed by atoms with Gasteiger partial charge in [0.25, 0.3) is 0 Å². The summed E-state index contributed by atoms with van der Waals surface area (Å²) in [6.07, 6.45) is 2.28. The molecule has 0 saturated carbocycles. The molecule has 0 aliphatic heterocycles. The third kappa shape index (κ3) is 4.50. The number of rotatable bonds is 8. The van der Waals surface area contributed by atoms with Crippen molar-refractivity contribution in [2.75, 3.05) is 13.2 Å². The Morgan fingerprint density at radius 1 is 1.41 bits per heavy atom. The molecule has 0 fully saturated rings. The average molecular weight is 241 g/mol. The van der Waals surface area contributed by atoms with Gasteiger partial charge in [-0.15, -0.1) is 0 Å². The lowest BCUT2D eigenvalue weighted by Crippen LogP contribution is -2.32. The van der Waals surface area contributed by atoms with E-state index >= 15 is 0 Å². The van der Waals surface area contributed by atoms with Crippen LogP contribution in [-0.4, -0.2) is 25.4 Å². The molecule has 0 bridgehead atoms. The summed E-state index contributed by atoms with van der Waals surface area (Å²) in [6, 6.07) is 3.68. The summed E-state index contributed by atoms with van der Waals surface area (Å²) in [4.78, 5) is 0. The molecule has 4 nitrogen and oxygen atoms in total. The van der Waals surface area contributed by atoms with E-state index in [0.717, 1.165) is 12.2 Å². The van der Waals surface area contributed by atoms with Crippen molar-refractivity contribution in [3.63, 3.8) is 0 Å². The van der Waals surface area contributed by atoms with Crippen LogP contribution in [-0.2, 0) is 9.47 Å². The monoisotopic (exact) mass is 241 g/mol. The maximum absolute atomic E-state index is 6.06. The molecule has 17 heavy (non-hydrogen) atoms. The van der Waals surface area contributed by atoms with Gasteiger partial charge in [-0.25, -0.2) is 0 Å². The van der Waals surface area contributed by atoms with Crippen LogP contribution in [0, 0.1) is 0 Å². The standard InChI is InChI=1S/C13H23NO3/c1-4-11(14)13(12-7-6-8-16-12)17-10(3)9-15-5-2/h6-8,10-11,13H,4-5,9,14H2,1-3H3. The van der Waals surface area contributed by atoms with Gasteiger partial charge >= 0.3 is 0 Å². The lowest BCUT2D eigenvalue weighted by Gasteiger charge is -2.25. The Kier molecular flexibility index (Phi) is 6.26. The van der Waals surface area contributed by atoms with Crippen LogP contribution in [0.1, 0.15) is 39.1 Å². The fourth-order valence-electron chi connectivity index (χ4n) is 1.62. The number of hydrogen-bond acceptors (Lipinski definition) is 4. The average Bonchev–Trinajstić information content (AvgIpc) is 2.86. The van der Waals surface area contributed by atoms with Crippen LogP contribution < -0.4 is 5.73 Å². The molecular formula is C13H23NO3. The Balaban J connectivity index is 2.58. The highest BCUT2D eigenvalue weighted by atomic mass is 16.5. The molecule has 1 rings (SSSR count). The SMILES string of the molecule is CCOCC(C)OC(c1ccco1)C(N)CC. The van der Waals surface area contributed by atoms with E-state index in [9.17, 15) is 0 Å². The Morgan fingerprint density at radius 3 is 2.71 bits per heavy atom. The third-order valence-corrected chi connectivity index (χ3v) is 2.62. The molecule has 0 saturated heterocycles. The molecule has 1 aromatic rings. The van der Waals surface area contributed by atoms with E-state index in [1.54, 1.807) is 6.26 Å². The van der Waals surface area contributed by atoms with Crippen molar-refractivity contribution >= 4 is 0 Å². The smallest absolute Gasteiger partial charge is 0.134 e. The molecule has 0 amide bonds. The van der Waals surface area contributed by atoms with Crippen molar-refractivity contribution in [3.05, 3.63) is 24.2 Å². The van der Waals surface area contributed by atoms with E-state index in [0.29, 0.717) is 13.2 Å². The molecule has 0 aromatic carbocycles. The zero-order valence-corrected chi connectivity index (χ0v) is 10.9. The third-order valence-electron chi connectivity index (χ3n) is 2.62. The van der Waals surface area contributed by atoms with E-state index in [1.807, 2.05) is 32.9 Å². The maximum Gasteiger partial charge on any atom is 0.134 e. The van der Waals surface area contributed by atoms with E-state index in [1.165, 1.54) is 0 Å². The number of furan rings is 1. The lowest BCUT2D eigenvalue weighted by molar-refractivity contribution is -0.0649. The fraction of sp³-hybridized carbons (Fsp3) is 0.692. The van der Waals surface area contributed by atoms with Crippen molar-refractivity contribution in [1.29, 1.82) is 0 Å². The Bertz CT molecular complexity index is 287. The van der Waals surface area contributed by atoms with Gasteiger partial charge in [0.05, 0.1) is 19.0 Å². The summed E-state index contributed by atoms with van der Waals surface area (Å²) in [6.45, 7) is 7.25. The molecule has 1 heterocycles. The zero-order chi connectivity index (χ0) is 12.7. The van der Waals surface area contributed by atoms with Crippen molar-refractivity contribution in [1.82, 2.24) is 0 Å². The van der Waals surface area contributed by atoms with Crippen molar-refractivity contribution < 1.29 is 13.9 Å². The van der Waals surface area contributed by atoms with Crippen LogP contribution in [0.4, 0.5) is 0 Å². The van der Waals surface area contributed by atoms with E-state index in [4.69, 9.17) is 19.6 Å². The highest BCUT2D eigenvalue weighted by Crippen LogP contribution is 2.24. The quantitative estimate of drug-likeness (QED) is 0.759. The van der Waals surface area contributed by atoms with Gasteiger partial charge < -0.3 is 19.6 Å². The van der Waals surface area contributed by atoms with Crippen molar-refractivity contribution in [2.24, 2.45) is 5.73 Å². The fourth-order valence-corrected chi connectivity index (χ4v) is 1.62. The van der Waals surface area contributed by atoms with Gasteiger partial charge in [0.15, 0.2) is 0 Å². The minimum absolute atomic E-state index is 0.00245. The number of hydrogen-bond donors (Lipinski definition) is 1. The molecule has 0 aliphatic carbocycles. The molecule has 2 N–H and O–H groups in total. The van der Waals surface area contributed by atoms with Crippen LogP contribution in [0.2, 0.25) is 0 Å². The largest absolute Gasteiger partial charge is 0.467 e. The van der Waals surface area contributed by atoms with Crippen LogP contribution in [0.15, 0.2) is 22.8 Å². The van der Waals surface area contributed by atoms with Gasteiger partial charge in [-0.2, -0.15) is 0 Å². The predicted octanol–water partition coefficient (Wildman–Crippen LogP) is 2.50. The van der Waals surface area contributed by atoms with Gasteiger partial charge in [-0.3, -0.25) is 0 Å². The van der Waals surface area contributed by atoms with E-state index in [-0.39, 0.29) is 18.2 Å². The van der Waals surface area contributed by atoms with E-state index in [2.05, 4.69) is 0 Å². The first-order valence-electron chi connectivity index (χ1n) is 6.21. The second-order valence-corrected chi connectivity index (χ2v) is 4.11. The molecule has 0 aliphatic rings. The lowest BCUT2D eigenvalue weighted by atomic mass is 10.1. The first-order chi connectivity index (χ1) is 8.19. The highest BCUT2D eigenvalue weighted by Gasteiger charge is 2.24. The topological polar surface area (TPSA) is 57.6 Å². The molecule has 0 spiro atoms. The first kappa shape index (κ1) is 14.2. The van der Waals surface area contributed by atoms with Crippen LogP contribution >= 0.6 is 0 Å². The summed E-state index contributed by atoms with van der Waals surface area (Å²) >= 11 is 0. The van der Waals surface area contributed by atoms with Gasteiger partial charge in [-0.1, -0.05) is 6.92 Å². The molecule has 3 atom stereocenters. The normalized spacial score (nSPS) is 16.7. The molecule has 0 radical (unpaired) electrons. The van der Waals surface area contributed by atoms with E-state index < -0.39 is 0 Å². The van der Waals surface area contributed by atoms with Gasteiger partial charge in [0.2, 0.25) is 0 Å². The van der Waals surface area contributed by atoms with Crippen LogP contribution in [0.25, 0.3) is 0 Å². The summed E-state index contributed by atoms with van der Waals surface area (Å²) in [5, 5.41) is 0. The molecule has 4 heteroatoms. The summed E-state index contributed by atoms with van der Waals surface area (Å²) in [7, 11) is 0. The van der Waals surface area contributed by atoms with Crippen molar-refractivity contribution in [3.8, 4) is 0 Å². The van der Waals surface area contributed by atoms with Crippen LogP contribution in [0.3, 0.4) is 0 Å². The summed E-state index contributed by atoms with van der Waals surface area (Å²) < 4.78 is 16.6. The maximum atomic E-state index is 6.06. The Labute approximate surface area is 103 Å². The number of nitrogens with two attached hydrogens (primary N) is 1. The first-order valence-corrected chi connectivity index (χ1v) is 6.21. The summed E-state index contributed by atoms with van der Waals surface area (Å²) in [5.41, 5.74) is 6.06. The molecule has 1 aromatic heterocycles. The van der Waals surface area contributed by atoms with Crippen molar-refractivity contribution in [2.45, 2.75) is 45.4 Å². The highest BCUT2D eigenvalue weighted by molar-refractivity contribution is 5.05. The Hall–Kier alpha value is -0.840. The Morgan fingerprint density at radius 2 is 2.18 bits per heavy atom. The number of ether oxygens (including phenoxy) is 2. The van der Waals surface area contributed by atoms with Gasteiger partial charge in [-0.05, 0) is 32.4 Å². The van der Waals surface area contributed by atoms with Gasteiger partial charge in [0, 0.05) is 12.6 Å². The second-order valence-electron chi connectivity index (χ2n) is 4.11. The zero-order valence-electron chi connectivity index (χ0n) is 10.9. The minimum Gasteiger partial charge on any atom is -0.467 e. The van der Waals surface area contributed by atoms with Gasteiger partial charge in [0.1, 0.15) is 11.9 Å². The molecular weight excluding hydrogens is 218 g/mol. The predicted molar refractivity (Wildman–Crippen MR) is 66.8 cm³/mol. The minimum atomic E-state index is -0.203. The molecule has 98 valence electrons. The molecule has 3 unspecified atom stereocenters. The summed E-state index contributed by atoms with van der Waals surface area (Å²) in [5.74, 6) is 0.780. The van der Waals surface area contributed by atoms with Crippen LogP contribution in [0.5, 0.6) is 0 Å². The second kappa shape index (κ2) is 7.48.